The van der Waals surface area contributed by atoms with Gasteiger partial charge in [0.2, 0.25) is 0 Å². The fraction of sp³-hybridized carbons (Fsp3) is 0.615. The number of carbonyl (C=O) groups excluding carboxylic acids is 1. The van der Waals surface area contributed by atoms with Crippen LogP contribution in [0.3, 0.4) is 0 Å². The number of esters is 1. The summed E-state index contributed by atoms with van der Waals surface area (Å²) in [5.74, 6) is 0.567. The van der Waals surface area contributed by atoms with Crippen LogP contribution in [0.4, 0.5) is 11.4 Å². The van der Waals surface area contributed by atoms with Gasteiger partial charge in [0.15, 0.2) is 0 Å². The maximum Gasteiger partial charge on any atom is 0.330 e. The number of rotatable bonds is 28. The number of nitrogens with zero attached hydrogens (tertiary/aromatic N) is 2. The van der Waals surface area contributed by atoms with Gasteiger partial charge >= 0.3 is 5.97 Å². The van der Waals surface area contributed by atoms with Crippen LogP contribution in [-0.2, 0) is 16.0 Å². The van der Waals surface area contributed by atoms with Crippen molar-refractivity contribution in [2.75, 3.05) is 13.2 Å². The second-order valence-electron chi connectivity index (χ2n) is 12.0. The molecule has 2 rings (SSSR count). The predicted octanol–water partition coefficient (Wildman–Crippen LogP) is 12.6. The van der Waals surface area contributed by atoms with Gasteiger partial charge in [0.1, 0.15) is 5.75 Å². The van der Waals surface area contributed by atoms with Crippen LogP contribution in [0, 0.1) is 0 Å². The highest BCUT2D eigenvalue weighted by molar-refractivity contribution is 5.81. The van der Waals surface area contributed by atoms with E-state index in [1.165, 1.54) is 121 Å². The zero-order chi connectivity index (χ0) is 31.3. The number of ether oxygens (including phenoxy) is 2. The van der Waals surface area contributed by atoms with Crippen LogP contribution >= 0.6 is 0 Å². The molecule has 0 aliphatic heterocycles. The predicted molar refractivity (Wildman–Crippen MR) is 185 cm³/mol. The Bertz CT molecular complexity index is 1000. The number of carbonyl (C=O) groups is 1. The highest BCUT2D eigenvalue weighted by atomic mass is 16.5. The van der Waals surface area contributed by atoms with Crippen LogP contribution in [0.25, 0.3) is 0 Å². The summed E-state index contributed by atoms with van der Waals surface area (Å²) < 4.78 is 10.9. The molecule has 0 unspecified atom stereocenters. The van der Waals surface area contributed by atoms with Crippen molar-refractivity contribution in [2.45, 2.75) is 142 Å². The molecule has 5 nitrogen and oxygen atoms in total. The summed E-state index contributed by atoms with van der Waals surface area (Å²) in [6.07, 6.45) is 28.1. The average Bonchev–Trinajstić information content (AvgIpc) is 3.05. The number of hydrogen-bond donors (Lipinski definition) is 0. The summed E-state index contributed by atoms with van der Waals surface area (Å²) in [4.78, 5) is 11.0. The highest BCUT2D eigenvalue weighted by Crippen LogP contribution is 2.22. The third-order valence-electron chi connectivity index (χ3n) is 8.09. The summed E-state index contributed by atoms with van der Waals surface area (Å²) in [6, 6.07) is 16.4. The summed E-state index contributed by atoms with van der Waals surface area (Å²) in [6.45, 7) is 6.94. The SMILES string of the molecule is C=CC(=O)OCCCCCCCCCCCCOc1ccc(N=Nc2ccc(CCCCCCCCCCCC)cc2)cc1. The minimum atomic E-state index is -0.322. The van der Waals surface area contributed by atoms with E-state index in [0.717, 1.165) is 49.4 Å². The van der Waals surface area contributed by atoms with Gasteiger partial charge in [0.25, 0.3) is 0 Å². The zero-order valence-corrected chi connectivity index (χ0v) is 27.8. The van der Waals surface area contributed by atoms with Crippen LogP contribution in [0.2, 0.25) is 0 Å². The van der Waals surface area contributed by atoms with Gasteiger partial charge in [-0.15, -0.1) is 0 Å². The van der Waals surface area contributed by atoms with E-state index in [1.54, 1.807) is 0 Å². The Kier molecular flexibility index (Phi) is 22.4. The Morgan fingerprint density at radius 3 is 1.52 bits per heavy atom. The summed E-state index contributed by atoms with van der Waals surface area (Å²) in [5, 5.41) is 8.82. The van der Waals surface area contributed by atoms with Crippen molar-refractivity contribution in [3.8, 4) is 5.75 Å². The number of unbranched alkanes of at least 4 members (excludes halogenated alkanes) is 18. The molecule has 0 radical (unpaired) electrons. The third kappa shape index (κ3) is 20.1. The van der Waals surface area contributed by atoms with E-state index in [9.17, 15) is 4.79 Å². The molecule has 0 atom stereocenters. The van der Waals surface area contributed by atoms with Gasteiger partial charge in [-0.2, -0.15) is 10.2 Å². The first-order chi connectivity index (χ1) is 21.7. The van der Waals surface area contributed by atoms with Gasteiger partial charge in [0.05, 0.1) is 24.6 Å². The lowest BCUT2D eigenvalue weighted by molar-refractivity contribution is -0.137. The van der Waals surface area contributed by atoms with Crippen molar-refractivity contribution < 1.29 is 14.3 Å². The Hall–Kier alpha value is -2.95. The Balaban J connectivity index is 1.45. The second kappa shape index (κ2) is 26.5. The van der Waals surface area contributed by atoms with E-state index in [4.69, 9.17) is 9.47 Å². The second-order valence-corrected chi connectivity index (χ2v) is 12.0. The van der Waals surface area contributed by atoms with E-state index in [0.29, 0.717) is 6.61 Å². The first-order valence-electron chi connectivity index (χ1n) is 17.7. The van der Waals surface area contributed by atoms with E-state index in [-0.39, 0.29) is 5.97 Å². The molecule has 0 bridgehead atoms. The number of azo groups is 1. The van der Waals surface area contributed by atoms with Crippen molar-refractivity contribution in [3.05, 3.63) is 66.7 Å². The van der Waals surface area contributed by atoms with Crippen LogP contribution in [0.15, 0.2) is 71.4 Å². The fourth-order valence-electron chi connectivity index (χ4n) is 5.31. The van der Waals surface area contributed by atoms with Gasteiger partial charge in [-0.1, -0.05) is 135 Å². The normalized spacial score (nSPS) is 11.2. The molecule has 244 valence electrons. The quantitative estimate of drug-likeness (QED) is 0.0420. The topological polar surface area (TPSA) is 60.2 Å². The monoisotopic (exact) mass is 604 g/mol. The molecule has 44 heavy (non-hydrogen) atoms. The molecule has 0 spiro atoms. The Morgan fingerprint density at radius 2 is 1.02 bits per heavy atom. The molecule has 0 aromatic heterocycles. The summed E-state index contributed by atoms with van der Waals surface area (Å²) in [7, 11) is 0. The Labute approximate surface area is 268 Å². The van der Waals surface area contributed by atoms with Gasteiger partial charge < -0.3 is 9.47 Å². The third-order valence-corrected chi connectivity index (χ3v) is 8.09. The first-order valence-corrected chi connectivity index (χ1v) is 17.7. The van der Waals surface area contributed by atoms with Crippen LogP contribution in [0.5, 0.6) is 5.75 Å². The molecular formula is C39H60N2O3. The zero-order valence-electron chi connectivity index (χ0n) is 27.8. The van der Waals surface area contributed by atoms with Crippen LogP contribution in [-0.4, -0.2) is 19.2 Å². The van der Waals surface area contributed by atoms with Crippen molar-refractivity contribution in [3.63, 3.8) is 0 Å². The molecule has 2 aromatic carbocycles. The smallest absolute Gasteiger partial charge is 0.330 e. The number of aryl methyl sites for hydroxylation is 1. The van der Waals surface area contributed by atoms with Crippen molar-refractivity contribution in [1.29, 1.82) is 0 Å². The summed E-state index contributed by atoms with van der Waals surface area (Å²) in [5.41, 5.74) is 3.11. The molecule has 0 amide bonds. The first kappa shape index (κ1) is 37.2. The molecular weight excluding hydrogens is 544 g/mol. The molecule has 0 saturated heterocycles. The molecule has 0 N–H and O–H groups in total. The van der Waals surface area contributed by atoms with Gasteiger partial charge in [-0.25, -0.2) is 4.79 Å². The largest absolute Gasteiger partial charge is 0.494 e. The van der Waals surface area contributed by atoms with Crippen molar-refractivity contribution >= 4 is 17.3 Å². The average molecular weight is 605 g/mol. The fourth-order valence-corrected chi connectivity index (χ4v) is 5.31. The molecule has 5 heteroatoms. The van der Waals surface area contributed by atoms with Crippen molar-refractivity contribution in [1.82, 2.24) is 0 Å². The lowest BCUT2D eigenvalue weighted by Gasteiger charge is -2.06. The maximum atomic E-state index is 11.0. The molecule has 0 aliphatic rings. The molecule has 0 aliphatic carbocycles. The van der Waals surface area contributed by atoms with E-state index < -0.39 is 0 Å². The Morgan fingerprint density at radius 1 is 0.591 bits per heavy atom. The standard InChI is InChI=1S/C39H60N2O3/c1-3-5-6-7-8-9-12-15-18-21-24-35-25-27-36(28-26-35)40-41-37-29-31-38(32-30-37)43-33-22-19-16-13-10-11-14-17-20-23-34-44-39(42)4-2/h4,25-32H,2-3,5-24,33-34H2,1H3. The number of hydrogen-bond acceptors (Lipinski definition) is 5. The molecule has 0 fully saturated rings. The van der Waals surface area contributed by atoms with Crippen molar-refractivity contribution in [2.24, 2.45) is 10.2 Å². The highest BCUT2D eigenvalue weighted by Gasteiger charge is 2.00. The van der Waals surface area contributed by atoms with Crippen LogP contribution < -0.4 is 4.74 Å². The van der Waals surface area contributed by atoms with Crippen LogP contribution in [0.1, 0.15) is 141 Å². The summed E-state index contributed by atoms with van der Waals surface area (Å²) >= 11 is 0. The lowest BCUT2D eigenvalue weighted by Crippen LogP contribution is -2.01. The minimum Gasteiger partial charge on any atom is -0.494 e. The van der Waals surface area contributed by atoms with Gasteiger partial charge in [-0.3, -0.25) is 0 Å². The lowest BCUT2D eigenvalue weighted by atomic mass is 10.0. The molecule has 0 heterocycles. The maximum absolute atomic E-state index is 11.0. The molecule has 0 saturated carbocycles. The minimum absolute atomic E-state index is 0.322. The van der Waals surface area contributed by atoms with Gasteiger partial charge in [-0.05, 0) is 67.6 Å². The van der Waals surface area contributed by atoms with E-state index >= 15 is 0 Å². The van der Waals surface area contributed by atoms with E-state index in [1.807, 2.05) is 24.3 Å². The van der Waals surface area contributed by atoms with Gasteiger partial charge in [0, 0.05) is 6.08 Å². The number of benzene rings is 2. The van der Waals surface area contributed by atoms with E-state index in [2.05, 4.69) is 48.0 Å². The molecule has 2 aromatic rings.